The van der Waals surface area contributed by atoms with Gasteiger partial charge in [-0.2, -0.15) is 5.26 Å². The van der Waals surface area contributed by atoms with Gasteiger partial charge in [0, 0.05) is 33.6 Å². The maximum Gasteiger partial charge on any atom is 0.227 e. The smallest absolute Gasteiger partial charge is 0.227 e. The molecule has 6 heteroatoms. The third-order valence-electron chi connectivity index (χ3n) is 10.7. The molecule has 9 aromatic carbocycles. The number of hydrogen-bond acceptors (Lipinski definition) is 6. The van der Waals surface area contributed by atoms with Gasteiger partial charge in [-0.15, -0.1) is 0 Å². The molecule has 0 radical (unpaired) electrons. The fraction of sp³-hybridized carbons (Fsp3) is 0. The first-order chi connectivity index (χ1) is 28.1. The number of aromatic nitrogens is 2. The molecular formula is C51H30N4O2. The fourth-order valence-electron chi connectivity index (χ4n) is 7.87. The second-order valence-corrected chi connectivity index (χ2v) is 14.2. The molecule has 0 N–H and O–H groups in total. The number of nitriles is 1. The SMILES string of the molecule is N#Cc1cc(-c2ccc3ccc4ccccc4c3c2)cc2ccc(N(c3ccc(-c4nc5ccccc5o4)cc3)c3ccc(-c4nc5ccccc5o4)cc3)cc12. The quantitative estimate of drug-likeness (QED) is 0.159. The summed E-state index contributed by atoms with van der Waals surface area (Å²) in [6, 6.07) is 64.3. The zero-order valence-corrected chi connectivity index (χ0v) is 30.4. The minimum atomic E-state index is 0.566. The summed E-state index contributed by atoms with van der Waals surface area (Å²) >= 11 is 0. The minimum Gasteiger partial charge on any atom is -0.436 e. The predicted octanol–water partition coefficient (Wildman–Crippen LogP) is 13.8. The maximum absolute atomic E-state index is 10.6. The number of benzene rings is 9. The molecule has 0 aliphatic rings. The van der Waals surface area contributed by atoms with Crippen LogP contribution < -0.4 is 4.90 Å². The van der Waals surface area contributed by atoms with Crippen LogP contribution in [0.15, 0.2) is 191 Å². The van der Waals surface area contributed by atoms with Crippen LogP contribution >= 0.6 is 0 Å². The first-order valence-corrected chi connectivity index (χ1v) is 18.8. The number of fused-ring (bicyclic) bond motifs is 6. The first kappa shape index (κ1) is 32.4. The van der Waals surface area contributed by atoms with E-state index >= 15 is 0 Å². The highest BCUT2D eigenvalue weighted by molar-refractivity contribution is 6.09. The average molecular weight is 731 g/mol. The summed E-state index contributed by atoms with van der Waals surface area (Å²) in [6.07, 6.45) is 0. The Morgan fingerprint density at radius 1 is 0.404 bits per heavy atom. The molecule has 0 amide bonds. The molecule has 0 spiro atoms. The Balaban J connectivity index is 1.01. The van der Waals surface area contributed by atoms with Gasteiger partial charge in [-0.3, -0.25) is 0 Å². The van der Waals surface area contributed by atoms with Crippen LogP contribution in [0.25, 0.3) is 88.6 Å². The van der Waals surface area contributed by atoms with Crippen molar-refractivity contribution in [3.05, 3.63) is 188 Å². The van der Waals surface area contributed by atoms with E-state index in [0.717, 1.165) is 72.3 Å². The number of oxazole rings is 2. The van der Waals surface area contributed by atoms with Gasteiger partial charge in [0.1, 0.15) is 11.0 Å². The Hall–Kier alpha value is -8.01. The monoisotopic (exact) mass is 730 g/mol. The van der Waals surface area contributed by atoms with E-state index in [2.05, 4.69) is 114 Å². The number of rotatable bonds is 6. The van der Waals surface area contributed by atoms with Crippen molar-refractivity contribution in [1.29, 1.82) is 5.26 Å². The van der Waals surface area contributed by atoms with Crippen LogP contribution in [0.5, 0.6) is 0 Å². The van der Waals surface area contributed by atoms with E-state index in [9.17, 15) is 5.26 Å². The highest BCUT2D eigenvalue weighted by atomic mass is 16.4. The van der Waals surface area contributed by atoms with Gasteiger partial charge in [0.25, 0.3) is 0 Å². The first-order valence-electron chi connectivity index (χ1n) is 18.8. The van der Waals surface area contributed by atoms with Crippen LogP contribution in [0.3, 0.4) is 0 Å². The van der Waals surface area contributed by atoms with E-state index in [4.69, 9.17) is 18.8 Å². The molecule has 0 saturated carbocycles. The summed E-state index contributed by atoms with van der Waals surface area (Å²) in [6.45, 7) is 0. The lowest BCUT2D eigenvalue weighted by Crippen LogP contribution is -2.10. The minimum absolute atomic E-state index is 0.566. The van der Waals surface area contributed by atoms with Gasteiger partial charge in [0.15, 0.2) is 11.2 Å². The lowest BCUT2D eigenvalue weighted by atomic mass is 9.94. The van der Waals surface area contributed by atoms with Crippen molar-refractivity contribution in [2.75, 3.05) is 4.90 Å². The highest BCUT2D eigenvalue weighted by Gasteiger charge is 2.18. The summed E-state index contributed by atoms with van der Waals surface area (Å²) in [7, 11) is 0. The summed E-state index contributed by atoms with van der Waals surface area (Å²) in [5.74, 6) is 1.13. The van der Waals surface area contributed by atoms with Crippen molar-refractivity contribution in [3.63, 3.8) is 0 Å². The van der Waals surface area contributed by atoms with Crippen LogP contribution in [0, 0.1) is 11.3 Å². The summed E-state index contributed by atoms with van der Waals surface area (Å²) in [5, 5.41) is 17.2. The van der Waals surface area contributed by atoms with Gasteiger partial charge in [-0.05, 0) is 141 Å². The van der Waals surface area contributed by atoms with E-state index < -0.39 is 0 Å². The molecule has 6 nitrogen and oxygen atoms in total. The van der Waals surface area contributed by atoms with Crippen LogP contribution in [0.4, 0.5) is 17.1 Å². The molecule has 0 aliphatic heterocycles. The average Bonchev–Trinajstić information content (AvgIpc) is 3.92. The summed E-state index contributed by atoms with van der Waals surface area (Å²) in [5.41, 5.74) is 10.3. The lowest BCUT2D eigenvalue weighted by Gasteiger charge is -2.26. The molecule has 11 rings (SSSR count). The number of nitrogens with zero attached hydrogens (tertiary/aromatic N) is 4. The molecule has 2 aromatic heterocycles. The van der Waals surface area contributed by atoms with Crippen molar-refractivity contribution in [1.82, 2.24) is 9.97 Å². The van der Waals surface area contributed by atoms with Crippen molar-refractivity contribution >= 4 is 71.6 Å². The van der Waals surface area contributed by atoms with Gasteiger partial charge >= 0.3 is 0 Å². The molecule has 0 saturated heterocycles. The Kier molecular flexibility index (Phi) is 7.44. The van der Waals surface area contributed by atoms with Crippen LogP contribution in [-0.2, 0) is 0 Å². The zero-order chi connectivity index (χ0) is 37.9. The van der Waals surface area contributed by atoms with Crippen molar-refractivity contribution in [3.8, 4) is 40.1 Å². The highest BCUT2D eigenvalue weighted by Crippen LogP contribution is 2.40. The Morgan fingerprint density at radius 3 is 1.56 bits per heavy atom. The summed E-state index contributed by atoms with van der Waals surface area (Å²) in [4.78, 5) is 11.6. The van der Waals surface area contributed by atoms with Crippen molar-refractivity contribution in [2.45, 2.75) is 0 Å². The molecule has 0 bridgehead atoms. The second-order valence-electron chi connectivity index (χ2n) is 14.2. The number of anilines is 3. The molecule has 0 unspecified atom stereocenters. The van der Waals surface area contributed by atoms with Crippen molar-refractivity contribution in [2.24, 2.45) is 0 Å². The summed E-state index contributed by atoms with van der Waals surface area (Å²) < 4.78 is 12.2. The molecule has 57 heavy (non-hydrogen) atoms. The molecule has 11 aromatic rings. The topological polar surface area (TPSA) is 79.1 Å². The maximum atomic E-state index is 10.6. The zero-order valence-electron chi connectivity index (χ0n) is 30.4. The number of hydrogen-bond donors (Lipinski definition) is 0. The number of para-hydroxylation sites is 4. The van der Waals surface area contributed by atoms with E-state index in [-0.39, 0.29) is 0 Å². The normalized spacial score (nSPS) is 11.5. The predicted molar refractivity (Wildman–Crippen MR) is 230 cm³/mol. The Bertz CT molecular complexity index is 3190. The standard InChI is InChI=1S/C51H30N4O2/c52-31-39-28-38(36-16-15-33-14-13-32-7-1-2-8-43(32)45(33)29-36)27-37-21-26-42(30-44(37)39)55(40-22-17-34(18-23-40)50-53-46-9-3-5-11-48(46)56-50)41-24-19-35(20-25-41)51-54-47-10-4-6-12-49(47)57-51/h1-30H. The molecule has 0 aliphatic carbocycles. The Morgan fingerprint density at radius 2 is 0.930 bits per heavy atom. The third kappa shape index (κ3) is 5.65. The van der Waals surface area contributed by atoms with E-state index in [1.54, 1.807) is 0 Å². The van der Waals surface area contributed by atoms with Crippen LogP contribution in [-0.4, -0.2) is 9.97 Å². The van der Waals surface area contributed by atoms with Gasteiger partial charge in [-0.1, -0.05) is 78.9 Å². The lowest BCUT2D eigenvalue weighted by molar-refractivity contribution is 0.619. The van der Waals surface area contributed by atoms with Gasteiger partial charge in [-0.25, -0.2) is 9.97 Å². The third-order valence-corrected chi connectivity index (χ3v) is 10.7. The molecule has 2 heterocycles. The molecule has 0 fully saturated rings. The van der Waals surface area contributed by atoms with E-state index in [1.807, 2.05) is 78.9 Å². The molecular weight excluding hydrogens is 701 g/mol. The van der Waals surface area contributed by atoms with Gasteiger partial charge in [0.2, 0.25) is 11.8 Å². The van der Waals surface area contributed by atoms with E-state index in [1.165, 1.54) is 21.5 Å². The second kappa shape index (κ2) is 13.1. The fourth-order valence-corrected chi connectivity index (χ4v) is 7.87. The van der Waals surface area contributed by atoms with Gasteiger partial charge < -0.3 is 13.7 Å². The van der Waals surface area contributed by atoms with Crippen LogP contribution in [0.2, 0.25) is 0 Å². The molecule has 266 valence electrons. The van der Waals surface area contributed by atoms with Gasteiger partial charge in [0.05, 0.1) is 11.6 Å². The van der Waals surface area contributed by atoms with E-state index in [0.29, 0.717) is 17.3 Å². The van der Waals surface area contributed by atoms with Crippen molar-refractivity contribution < 1.29 is 8.83 Å². The Labute approximate surface area is 327 Å². The van der Waals surface area contributed by atoms with Crippen LogP contribution in [0.1, 0.15) is 5.56 Å². The molecule has 0 atom stereocenters. The largest absolute Gasteiger partial charge is 0.436 e.